The van der Waals surface area contributed by atoms with Crippen molar-refractivity contribution in [2.45, 2.75) is 25.7 Å². The summed E-state index contributed by atoms with van der Waals surface area (Å²) in [6.07, 6.45) is 0. The highest BCUT2D eigenvalue weighted by Gasteiger charge is 2.18. The zero-order valence-electron chi connectivity index (χ0n) is 15.2. The van der Waals surface area contributed by atoms with Crippen LogP contribution in [0.25, 0.3) is 11.5 Å². The fourth-order valence-corrected chi connectivity index (χ4v) is 2.79. The molecule has 10 heteroatoms. The average molecular weight is 402 g/mol. The van der Waals surface area contributed by atoms with Crippen LogP contribution in [0, 0.1) is 6.92 Å². The normalized spacial score (nSPS) is 11.8. The first-order chi connectivity index (χ1) is 13.5. The maximum atomic E-state index is 12.1. The van der Waals surface area contributed by atoms with E-state index in [0.29, 0.717) is 17.5 Å². The largest absolute Gasteiger partial charge is 0.455 e. The van der Waals surface area contributed by atoms with Crippen LogP contribution in [0.15, 0.2) is 45.3 Å². The van der Waals surface area contributed by atoms with Gasteiger partial charge in [-0.1, -0.05) is 23.4 Å². The van der Waals surface area contributed by atoms with Gasteiger partial charge in [0.2, 0.25) is 11.8 Å². The van der Waals surface area contributed by atoms with Gasteiger partial charge in [-0.15, -0.1) is 22.0 Å². The Balaban J connectivity index is 1.41. The molecule has 3 rings (SSSR count). The molecule has 2 heterocycles. The molecular formula is C18H18N4O5S. The van der Waals surface area contributed by atoms with E-state index in [2.05, 4.69) is 20.7 Å². The molecule has 0 saturated heterocycles. The Morgan fingerprint density at radius 3 is 2.75 bits per heavy atom. The molecule has 0 spiro atoms. The molecule has 1 N–H and O–H groups in total. The number of ether oxygens (including phenoxy) is 1. The molecule has 1 aromatic carbocycles. The molecule has 0 bridgehead atoms. The summed E-state index contributed by atoms with van der Waals surface area (Å²) in [5.41, 5.74) is 0.783. The topological polar surface area (TPSA) is 120 Å². The number of carbonyl (C=O) groups excluding carboxylic acids is 2. The van der Waals surface area contributed by atoms with Crippen LogP contribution in [-0.2, 0) is 20.9 Å². The number of esters is 1. The summed E-state index contributed by atoms with van der Waals surface area (Å²) in [7, 11) is 0. The first-order valence-electron chi connectivity index (χ1n) is 8.40. The number of nitrogens with one attached hydrogen (secondary N) is 1. The third kappa shape index (κ3) is 5.43. The van der Waals surface area contributed by atoms with Crippen molar-refractivity contribution in [3.63, 3.8) is 0 Å². The van der Waals surface area contributed by atoms with Gasteiger partial charge in [-0.3, -0.25) is 9.59 Å². The quantitative estimate of drug-likeness (QED) is 0.567. The maximum absolute atomic E-state index is 12.1. The minimum Gasteiger partial charge on any atom is -0.455 e. The fraction of sp³-hybridized carbons (Fsp3) is 0.278. The van der Waals surface area contributed by atoms with E-state index >= 15 is 0 Å². The summed E-state index contributed by atoms with van der Waals surface area (Å²) < 4.78 is 15.5. The van der Waals surface area contributed by atoms with Crippen LogP contribution in [0.5, 0.6) is 0 Å². The van der Waals surface area contributed by atoms with E-state index in [9.17, 15) is 9.59 Å². The van der Waals surface area contributed by atoms with Crippen molar-refractivity contribution < 1.29 is 23.3 Å². The molecule has 28 heavy (non-hydrogen) atoms. The summed E-state index contributed by atoms with van der Waals surface area (Å²) in [6, 6.07) is 10.9. The minimum absolute atomic E-state index is 0.00606. The number of nitrogens with zero attached hydrogens (tertiary/aromatic N) is 3. The first-order valence-corrected chi connectivity index (χ1v) is 9.45. The Morgan fingerprint density at radius 2 is 2.04 bits per heavy atom. The van der Waals surface area contributed by atoms with Gasteiger partial charge in [0, 0.05) is 11.6 Å². The highest BCUT2D eigenvalue weighted by molar-refractivity contribution is 8.01. The van der Waals surface area contributed by atoms with Gasteiger partial charge in [-0.25, -0.2) is 0 Å². The van der Waals surface area contributed by atoms with E-state index in [4.69, 9.17) is 13.7 Å². The predicted octanol–water partition coefficient (Wildman–Crippen LogP) is 2.84. The van der Waals surface area contributed by atoms with Gasteiger partial charge in [0.25, 0.3) is 5.89 Å². The van der Waals surface area contributed by atoms with E-state index in [-0.39, 0.29) is 24.2 Å². The third-order valence-corrected chi connectivity index (χ3v) is 4.66. The molecule has 0 aliphatic heterocycles. The number of anilines is 1. The lowest BCUT2D eigenvalue weighted by Gasteiger charge is -2.09. The summed E-state index contributed by atoms with van der Waals surface area (Å²) in [6.45, 7) is 3.28. The van der Waals surface area contributed by atoms with Crippen LogP contribution >= 0.6 is 11.8 Å². The molecule has 0 radical (unpaired) electrons. The molecule has 1 atom stereocenters. The summed E-state index contributed by atoms with van der Waals surface area (Å²) >= 11 is 1.14. The van der Waals surface area contributed by atoms with Gasteiger partial charge >= 0.3 is 5.97 Å². The van der Waals surface area contributed by atoms with Crippen LogP contribution in [-0.4, -0.2) is 38.2 Å². The summed E-state index contributed by atoms with van der Waals surface area (Å²) in [4.78, 5) is 23.9. The molecule has 1 amide bonds. The Morgan fingerprint density at radius 1 is 1.25 bits per heavy atom. The molecule has 3 aromatic rings. The zero-order valence-corrected chi connectivity index (χ0v) is 16.1. The second-order valence-electron chi connectivity index (χ2n) is 5.79. The van der Waals surface area contributed by atoms with E-state index in [0.717, 1.165) is 17.3 Å². The van der Waals surface area contributed by atoms with Crippen molar-refractivity contribution in [1.82, 2.24) is 15.4 Å². The number of benzene rings is 1. The second-order valence-corrected chi connectivity index (χ2v) is 7.12. The molecule has 0 unspecified atom stereocenters. The molecule has 0 saturated carbocycles. The number of hydrogen-bond donors (Lipinski definition) is 1. The highest BCUT2D eigenvalue weighted by Crippen LogP contribution is 2.18. The minimum atomic E-state index is -0.485. The summed E-state index contributed by atoms with van der Waals surface area (Å²) in [5.74, 6) is 0.723. The van der Waals surface area contributed by atoms with Crippen LogP contribution in [0.4, 0.5) is 5.82 Å². The van der Waals surface area contributed by atoms with Gasteiger partial charge in [0.15, 0.2) is 12.4 Å². The van der Waals surface area contributed by atoms with E-state index < -0.39 is 11.2 Å². The molecule has 2 aromatic heterocycles. The lowest BCUT2D eigenvalue weighted by molar-refractivity contribution is -0.142. The predicted molar refractivity (Wildman–Crippen MR) is 101 cm³/mol. The van der Waals surface area contributed by atoms with E-state index in [1.165, 1.54) is 0 Å². The molecule has 0 aliphatic carbocycles. The van der Waals surface area contributed by atoms with Crippen molar-refractivity contribution in [2.75, 3.05) is 11.1 Å². The highest BCUT2D eigenvalue weighted by atomic mass is 32.2. The average Bonchev–Trinajstić information content (AvgIpc) is 3.34. The number of amides is 1. The fourth-order valence-electron chi connectivity index (χ4n) is 2.12. The van der Waals surface area contributed by atoms with Gasteiger partial charge in [0.1, 0.15) is 5.76 Å². The Bertz CT molecular complexity index is 940. The Labute approximate surface area is 164 Å². The molecular weight excluding hydrogens is 384 g/mol. The number of aromatic nitrogens is 3. The first kappa shape index (κ1) is 19.6. The number of rotatable bonds is 8. The van der Waals surface area contributed by atoms with E-state index in [1.807, 2.05) is 30.3 Å². The van der Waals surface area contributed by atoms with Crippen molar-refractivity contribution in [2.24, 2.45) is 0 Å². The second kappa shape index (κ2) is 9.18. The van der Waals surface area contributed by atoms with Crippen molar-refractivity contribution >= 4 is 29.5 Å². The van der Waals surface area contributed by atoms with Gasteiger partial charge in [0.05, 0.1) is 11.0 Å². The maximum Gasteiger partial charge on any atom is 0.316 e. The standard InChI is InChI=1S/C18H18N4O5S/c1-11-8-14(22-27-11)19-17(24)12(2)28-10-16(23)25-9-15-20-21-18(26-15)13-6-4-3-5-7-13/h3-8,12H,9-10H2,1-2H3,(H,19,22,24)/t12-/m1/s1. The molecule has 0 aliphatic rings. The van der Waals surface area contributed by atoms with Gasteiger partial charge in [-0.2, -0.15) is 0 Å². The van der Waals surface area contributed by atoms with Crippen LogP contribution in [0.1, 0.15) is 18.6 Å². The number of hydrogen-bond acceptors (Lipinski definition) is 9. The molecule has 0 fully saturated rings. The van der Waals surface area contributed by atoms with Gasteiger partial charge in [-0.05, 0) is 26.0 Å². The van der Waals surface area contributed by atoms with Gasteiger partial charge < -0.3 is 19.0 Å². The lowest BCUT2D eigenvalue weighted by Crippen LogP contribution is -2.24. The monoisotopic (exact) mass is 402 g/mol. The van der Waals surface area contributed by atoms with E-state index in [1.54, 1.807) is 19.9 Å². The van der Waals surface area contributed by atoms with Crippen LogP contribution < -0.4 is 5.32 Å². The number of thioether (sulfide) groups is 1. The molecule has 146 valence electrons. The van der Waals surface area contributed by atoms with Crippen molar-refractivity contribution in [3.8, 4) is 11.5 Å². The van der Waals surface area contributed by atoms with Crippen molar-refractivity contribution in [1.29, 1.82) is 0 Å². The number of aryl methyl sites for hydroxylation is 1. The van der Waals surface area contributed by atoms with Crippen LogP contribution in [0.2, 0.25) is 0 Å². The zero-order chi connectivity index (χ0) is 19.9. The lowest BCUT2D eigenvalue weighted by atomic mass is 10.2. The van der Waals surface area contributed by atoms with Crippen molar-refractivity contribution in [3.05, 3.63) is 48.0 Å². The SMILES string of the molecule is Cc1cc(NC(=O)[C@@H](C)SCC(=O)OCc2nnc(-c3ccccc3)o2)no1. The smallest absolute Gasteiger partial charge is 0.316 e. The molecule has 9 nitrogen and oxygen atoms in total. The Hall–Kier alpha value is -3.14. The Kier molecular flexibility index (Phi) is 6.43. The number of carbonyl (C=O) groups is 2. The van der Waals surface area contributed by atoms with Crippen LogP contribution in [0.3, 0.4) is 0 Å². The summed E-state index contributed by atoms with van der Waals surface area (Å²) in [5, 5.41) is 13.6. The third-order valence-electron chi connectivity index (χ3n) is 3.54.